The number of aryl methyl sites for hydroxylation is 1. The largest absolute Gasteiger partial charge is 0.398 e. The Balaban J connectivity index is 2.21. The minimum atomic E-state index is 0.345. The molecule has 102 valence electrons. The molecule has 2 rings (SSSR count). The van der Waals surface area contributed by atoms with Crippen LogP contribution in [0.4, 0.5) is 11.4 Å². The summed E-state index contributed by atoms with van der Waals surface area (Å²) < 4.78 is 0. The van der Waals surface area contributed by atoms with E-state index in [4.69, 9.17) is 11.0 Å². The zero-order valence-corrected chi connectivity index (χ0v) is 11.9. The third kappa shape index (κ3) is 3.10. The fraction of sp³-hybridized carbons (Fsp3) is 0.235. The molecule has 0 saturated carbocycles. The van der Waals surface area contributed by atoms with Gasteiger partial charge in [-0.1, -0.05) is 24.3 Å². The molecule has 0 aliphatic heterocycles. The first-order valence-electron chi connectivity index (χ1n) is 6.63. The zero-order chi connectivity index (χ0) is 14.5. The van der Waals surface area contributed by atoms with Crippen LogP contribution in [0.2, 0.25) is 0 Å². The molecule has 0 radical (unpaired) electrons. The average molecular weight is 265 g/mol. The van der Waals surface area contributed by atoms with Gasteiger partial charge in [-0.25, -0.2) is 0 Å². The van der Waals surface area contributed by atoms with Crippen molar-refractivity contribution in [2.75, 3.05) is 17.7 Å². The molecule has 0 aliphatic carbocycles. The van der Waals surface area contributed by atoms with E-state index in [0.29, 0.717) is 12.1 Å². The van der Waals surface area contributed by atoms with Gasteiger partial charge in [0.2, 0.25) is 0 Å². The van der Waals surface area contributed by atoms with Crippen molar-refractivity contribution in [3.05, 3.63) is 59.2 Å². The van der Waals surface area contributed by atoms with Gasteiger partial charge < -0.3 is 10.6 Å². The van der Waals surface area contributed by atoms with Crippen LogP contribution >= 0.6 is 0 Å². The van der Waals surface area contributed by atoms with Crippen molar-refractivity contribution in [1.29, 1.82) is 5.26 Å². The van der Waals surface area contributed by atoms with Gasteiger partial charge in [-0.05, 0) is 41.8 Å². The molecular weight excluding hydrogens is 246 g/mol. The van der Waals surface area contributed by atoms with Gasteiger partial charge in [0.05, 0.1) is 12.5 Å². The summed E-state index contributed by atoms with van der Waals surface area (Å²) in [6, 6.07) is 16.4. The summed E-state index contributed by atoms with van der Waals surface area (Å²) in [6.07, 6.45) is 0.345. The molecule has 0 fully saturated rings. The number of nitrogens with zero attached hydrogens (tertiary/aromatic N) is 2. The number of benzene rings is 2. The summed E-state index contributed by atoms with van der Waals surface area (Å²) in [7, 11) is 2.05. The van der Waals surface area contributed by atoms with Gasteiger partial charge in [0.1, 0.15) is 0 Å². The molecule has 0 amide bonds. The number of anilines is 2. The van der Waals surface area contributed by atoms with Gasteiger partial charge in [-0.15, -0.1) is 0 Å². The molecule has 0 saturated heterocycles. The highest BCUT2D eigenvalue weighted by molar-refractivity contribution is 5.59. The molecule has 0 bridgehead atoms. The molecule has 0 aromatic heterocycles. The number of nitrogen functional groups attached to an aromatic ring is 1. The van der Waals surface area contributed by atoms with Crippen molar-refractivity contribution in [2.45, 2.75) is 19.9 Å². The third-order valence-electron chi connectivity index (χ3n) is 3.51. The third-order valence-corrected chi connectivity index (χ3v) is 3.51. The van der Waals surface area contributed by atoms with Crippen LogP contribution in [0.25, 0.3) is 0 Å². The second kappa shape index (κ2) is 6.12. The smallest absolute Gasteiger partial charge is 0.0670 e. The number of rotatable bonds is 4. The summed E-state index contributed by atoms with van der Waals surface area (Å²) in [6.45, 7) is 2.95. The molecule has 2 N–H and O–H groups in total. The summed E-state index contributed by atoms with van der Waals surface area (Å²) in [5.41, 5.74) is 11.1. The lowest BCUT2D eigenvalue weighted by Gasteiger charge is -2.21. The van der Waals surface area contributed by atoms with E-state index in [2.05, 4.69) is 36.1 Å². The van der Waals surface area contributed by atoms with E-state index >= 15 is 0 Å². The Hall–Kier alpha value is -2.47. The molecule has 2 aromatic rings. The van der Waals surface area contributed by atoms with E-state index in [-0.39, 0.29) is 0 Å². The molecule has 0 unspecified atom stereocenters. The predicted octanol–water partition coefficient (Wildman–Crippen LogP) is 3.28. The van der Waals surface area contributed by atoms with E-state index in [0.717, 1.165) is 17.8 Å². The highest BCUT2D eigenvalue weighted by Gasteiger charge is 2.07. The van der Waals surface area contributed by atoms with Crippen LogP contribution in [0.3, 0.4) is 0 Å². The Morgan fingerprint density at radius 3 is 2.60 bits per heavy atom. The maximum atomic E-state index is 8.83. The summed E-state index contributed by atoms with van der Waals surface area (Å²) in [5.74, 6) is 0. The number of nitrogens with two attached hydrogens (primary N) is 1. The number of nitriles is 1. The predicted molar refractivity (Wildman–Crippen MR) is 83.5 cm³/mol. The van der Waals surface area contributed by atoms with Crippen LogP contribution in [0, 0.1) is 18.3 Å². The van der Waals surface area contributed by atoms with E-state index in [1.807, 2.05) is 31.3 Å². The Bertz CT molecular complexity index is 641. The normalized spacial score (nSPS) is 10.1. The molecule has 3 nitrogen and oxygen atoms in total. The van der Waals surface area contributed by atoms with E-state index in [1.165, 1.54) is 11.1 Å². The molecule has 20 heavy (non-hydrogen) atoms. The lowest BCUT2D eigenvalue weighted by Crippen LogP contribution is -2.17. The second-order valence-corrected chi connectivity index (χ2v) is 5.00. The maximum Gasteiger partial charge on any atom is 0.0670 e. The van der Waals surface area contributed by atoms with Crippen LogP contribution in [0.1, 0.15) is 16.7 Å². The van der Waals surface area contributed by atoms with Gasteiger partial charge in [-0.3, -0.25) is 0 Å². The standard InChI is InChI=1S/C17H19N3/c1-13-5-3-4-6-15(13)12-20(2)16-7-8-17(19)14(11-16)9-10-18/h3-8,11H,9,12,19H2,1-2H3. The minimum Gasteiger partial charge on any atom is -0.398 e. The lowest BCUT2D eigenvalue weighted by molar-refractivity contribution is 0.913. The van der Waals surface area contributed by atoms with Crippen LogP contribution in [0.15, 0.2) is 42.5 Å². The van der Waals surface area contributed by atoms with E-state index in [1.54, 1.807) is 0 Å². The first-order chi connectivity index (χ1) is 9.61. The molecule has 0 aliphatic rings. The Morgan fingerprint density at radius 2 is 1.90 bits per heavy atom. The quantitative estimate of drug-likeness (QED) is 0.863. The van der Waals surface area contributed by atoms with Crippen molar-refractivity contribution < 1.29 is 0 Å². The number of hydrogen-bond donors (Lipinski definition) is 1. The highest BCUT2D eigenvalue weighted by Crippen LogP contribution is 2.22. The van der Waals surface area contributed by atoms with Gasteiger partial charge in [0, 0.05) is 25.0 Å². The highest BCUT2D eigenvalue weighted by atomic mass is 15.1. The van der Waals surface area contributed by atoms with Crippen molar-refractivity contribution in [1.82, 2.24) is 0 Å². The zero-order valence-electron chi connectivity index (χ0n) is 11.9. The van der Waals surface area contributed by atoms with Crippen molar-refractivity contribution in [2.24, 2.45) is 0 Å². The fourth-order valence-corrected chi connectivity index (χ4v) is 2.20. The van der Waals surface area contributed by atoms with Gasteiger partial charge in [0.15, 0.2) is 0 Å². The van der Waals surface area contributed by atoms with Crippen LogP contribution < -0.4 is 10.6 Å². The summed E-state index contributed by atoms with van der Waals surface area (Å²) >= 11 is 0. The van der Waals surface area contributed by atoms with E-state index < -0.39 is 0 Å². The van der Waals surface area contributed by atoms with Crippen molar-refractivity contribution in [3.63, 3.8) is 0 Å². The molecular formula is C17H19N3. The SMILES string of the molecule is Cc1ccccc1CN(C)c1ccc(N)c(CC#N)c1. The van der Waals surface area contributed by atoms with Gasteiger partial charge >= 0.3 is 0 Å². The van der Waals surface area contributed by atoms with E-state index in [9.17, 15) is 0 Å². The monoisotopic (exact) mass is 265 g/mol. The molecule has 0 spiro atoms. The van der Waals surface area contributed by atoms with Crippen molar-refractivity contribution >= 4 is 11.4 Å². The minimum absolute atomic E-state index is 0.345. The molecule has 0 heterocycles. The van der Waals surface area contributed by atoms with Crippen LogP contribution in [0.5, 0.6) is 0 Å². The van der Waals surface area contributed by atoms with Gasteiger partial charge in [-0.2, -0.15) is 5.26 Å². The molecule has 2 aromatic carbocycles. The molecule has 3 heteroatoms. The maximum absolute atomic E-state index is 8.83. The summed E-state index contributed by atoms with van der Waals surface area (Å²) in [4.78, 5) is 2.17. The average Bonchev–Trinajstić information content (AvgIpc) is 2.44. The Kier molecular flexibility index (Phi) is 4.27. The fourth-order valence-electron chi connectivity index (χ4n) is 2.20. The van der Waals surface area contributed by atoms with Crippen molar-refractivity contribution in [3.8, 4) is 6.07 Å². The number of hydrogen-bond acceptors (Lipinski definition) is 3. The first kappa shape index (κ1) is 14.0. The first-order valence-corrected chi connectivity index (χ1v) is 6.63. The van der Waals surface area contributed by atoms with Gasteiger partial charge in [0.25, 0.3) is 0 Å². The molecule has 0 atom stereocenters. The topological polar surface area (TPSA) is 53.0 Å². The van der Waals surface area contributed by atoms with Crippen LogP contribution in [-0.2, 0) is 13.0 Å². The van der Waals surface area contributed by atoms with Crippen LogP contribution in [-0.4, -0.2) is 7.05 Å². The summed E-state index contributed by atoms with van der Waals surface area (Å²) in [5, 5.41) is 8.83. The second-order valence-electron chi connectivity index (χ2n) is 5.00. The Morgan fingerprint density at radius 1 is 1.15 bits per heavy atom. The lowest BCUT2D eigenvalue weighted by atomic mass is 10.1. The Labute approximate surface area is 120 Å².